The van der Waals surface area contributed by atoms with E-state index < -0.39 is 5.60 Å². The Morgan fingerprint density at radius 1 is 1.13 bits per heavy atom. The molecule has 0 radical (unpaired) electrons. The van der Waals surface area contributed by atoms with Crippen LogP contribution < -0.4 is 4.74 Å². The molecule has 30 heavy (non-hydrogen) atoms. The molecule has 5 nitrogen and oxygen atoms in total. The largest absolute Gasteiger partial charge is 0.497 e. The van der Waals surface area contributed by atoms with Crippen molar-refractivity contribution in [3.05, 3.63) is 35.4 Å². The molecule has 0 spiro atoms. The van der Waals surface area contributed by atoms with E-state index in [0.717, 1.165) is 36.4 Å². The van der Waals surface area contributed by atoms with E-state index in [-0.39, 0.29) is 5.60 Å². The summed E-state index contributed by atoms with van der Waals surface area (Å²) in [5.74, 6) is 1.18. The van der Waals surface area contributed by atoms with Crippen molar-refractivity contribution < 1.29 is 14.3 Å². The van der Waals surface area contributed by atoms with Crippen molar-refractivity contribution in [2.75, 3.05) is 33.4 Å². The zero-order chi connectivity index (χ0) is 21.2. The second-order valence-corrected chi connectivity index (χ2v) is 9.58. The van der Waals surface area contributed by atoms with Crippen molar-refractivity contribution in [1.29, 1.82) is 0 Å². The van der Waals surface area contributed by atoms with E-state index in [2.05, 4.69) is 49.0 Å². The zero-order valence-corrected chi connectivity index (χ0v) is 18.9. The molecule has 0 aromatic heterocycles. The number of methoxy groups -OCH3 is 1. The molecule has 1 aromatic rings. The molecule has 1 aliphatic carbocycles. The van der Waals surface area contributed by atoms with Crippen LogP contribution in [0.4, 0.5) is 0 Å². The molecular weight excluding hydrogens is 376 g/mol. The van der Waals surface area contributed by atoms with Gasteiger partial charge >= 0.3 is 0 Å². The molecule has 5 heteroatoms. The van der Waals surface area contributed by atoms with E-state index in [4.69, 9.17) is 14.3 Å². The van der Waals surface area contributed by atoms with Gasteiger partial charge in [0.25, 0.3) is 0 Å². The first-order valence-electron chi connectivity index (χ1n) is 11.4. The molecule has 0 amide bonds. The topological polar surface area (TPSA) is 43.3 Å². The number of rotatable bonds is 6. The molecule has 1 saturated carbocycles. The number of nitrogens with zero attached hydrogens (tertiary/aromatic N) is 2. The molecule has 2 bridgehead atoms. The Balaban J connectivity index is 1.55. The third-order valence-corrected chi connectivity index (χ3v) is 6.93. The van der Waals surface area contributed by atoms with E-state index in [1.807, 2.05) is 12.1 Å². The number of piperidine rings is 1. The van der Waals surface area contributed by atoms with Crippen molar-refractivity contribution >= 4 is 11.8 Å². The molecule has 1 aromatic carbocycles. The number of benzene rings is 1. The summed E-state index contributed by atoms with van der Waals surface area (Å²) in [5.41, 5.74) is 2.76. The number of likely N-dealkylation sites (tertiary alicyclic amines) is 1. The van der Waals surface area contributed by atoms with Crippen LogP contribution in [-0.4, -0.2) is 55.2 Å². The maximum absolute atomic E-state index is 6.54. The highest BCUT2D eigenvalue weighted by Crippen LogP contribution is 2.51. The van der Waals surface area contributed by atoms with Crippen LogP contribution in [0.5, 0.6) is 5.75 Å². The van der Waals surface area contributed by atoms with Crippen LogP contribution in [0, 0.1) is 5.92 Å². The molecular formula is C25H36N2O3. The van der Waals surface area contributed by atoms with Crippen LogP contribution in [0.3, 0.4) is 0 Å². The third-order valence-electron chi connectivity index (χ3n) is 6.93. The molecule has 0 N–H and O–H groups in total. The highest BCUT2D eigenvalue weighted by Gasteiger charge is 2.55. The minimum absolute atomic E-state index is 0.210. The zero-order valence-electron chi connectivity index (χ0n) is 18.9. The summed E-state index contributed by atoms with van der Waals surface area (Å²) >= 11 is 0. The maximum atomic E-state index is 6.54. The standard InChI is InChI=1S/C25H36N2O3/c1-24(2)22-12-13-25(3,30-24)23(26-29-17-16-27-14-6-5-7-15-27)21(22)18-19-8-10-20(28-4)11-9-19/h8-11,18,22H,5-7,12-17H2,1-4H3/b21-18-,26-23+/t22-,25+/m1/s1. The smallest absolute Gasteiger partial charge is 0.129 e. The normalized spacial score (nSPS) is 31.3. The Morgan fingerprint density at radius 2 is 1.87 bits per heavy atom. The van der Waals surface area contributed by atoms with Crippen molar-refractivity contribution in [2.45, 2.75) is 64.1 Å². The van der Waals surface area contributed by atoms with Crippen molar-refractivity contribution in [3.8, 4) is 5.75 Å². The van der Waals surface area contributed by atoms with Crippen LogP contribution in [0.2, 0.25) is 0 Å². The van der Waals surface area contributed by atoms with Crippen molar-refractivity contribution in [2.24, 2.45) is 11.1 Å². The molecule has 4 fully saturated rings. The third kappa shape index (κ3) is 4.42. The fourth-order valence-corrected chi connectivity index (χ4v) is 5.30. The predicted molar refractivity (Wildman–Crippen MR) is 121 cm³/mol. The lowest BCUT2D eigenvalue weighted by molar-refractivity contribution is -0.165. The van der Waals surface area contributed by atoms with Gasteiger partial charge in [-0.05, 0) is 88.9 Å². The second kappa shape index (κ2) is 8.72. The fourth-order valence-electron chi connectivity index (χ4n) is 5.30. The lowest BCUT2D eigenvalue weighted by Crippen LogP contribution is -2.60. The average molecular weight is 413 g/mol. The van der Waals surface area contributed by atoms with Gasteiger partial charge in [-0.25, -0.2) is 0 Å². The van der Waals surface area contributed by atoms with Crippen LogP contribution in [0.25, 0.3) is 6.08 Å². The van der Waals surface area contributed by atoms with Gasteiger partial charge in [-0.2, -0.15) is 0 Å². The summed E-state index contributed by atoms with van der Waals surface area (Å²) in [7, 11) is 1.69. The first-order valence-corrected chi connectivity index (χ1v) is 11.4. The van der Waals surface area contributed by atoms with Crippen molar-refractivity contribution in [1.82, 2.24) is 4.90 Å². The Hall–Kier alpha value is -1.85. The van der Waals surface area contributed by atoms with Gasteiger partial charge in [-0.3, -0.25) is 4.90 Å². The lowest BCUT2D eigenvalue weighted by atomic mass is 9.64. The first kappa shape index (κ1) is 21.4. The summed E-state index contributed by atoms with van der Waals surface area (Å²) in [5, 5.41) is 4.67. The number of fused-ring (bicyclic) bond motifs is 3. The molecule has 3 aliphatic heterocycles. The van der Waals surface area contributed by atoms with Gasteiger partial charge in [0.15, 0.2) is 0 Å². The minimum atomic E-state index is -0.401. The molecule has 4 aliphatic rings. The SMILES string of the molecule is COc1ccc(/C=C2\C(=N/OCCN3CCCCC3)[C@]3(C)CC[C@H]2C(C)(C)O3)cc1. The summed E-state index contributed by atoms with van der Waals surface area (Å²) in [6.07, 6.45) is 8.30. The molecule has 0 unspecified atom stereocenters. The fraction of sp³-hybridized carbons (Fsp3) is 0.640. The monoisotopic (exact) mass is 412 g/mol. The Kier molecular flexibility index (Phi) is 6.21. The number of oxime groups is 1. The van der Waals surface area contributed by atoms with E-state index >= 15 is 0 Å². The highest BCUT2D eigenvalue weighted by molar-refractivity contribution is 6.10. The Morgan fingerprint density at radius 3 is 2.53 bits per heavy atom. The van der Waals surface area contributed by atoms with E-state index in [1.165, 1.54) is 37.9 Å². The van der Waals surface area contributed by atoms with Gasteiger partial charge in [0.05, 0.1) is 12.7 Å². The molecule has 3 heterocycles. The van der Waals surface area contributed by atoms with Gasteiger partial charge in [0.2, 0.25) is 0 Å². The van der Waals surface area contributed by atoms with Crippen LogP contribution in [-0.2, 0) is 9.57 Å². The minimum Gasteiger partial charge on any atom is -0.497 e. The van der Waals surface area contributed by atoms with E-state index in [1.54, 1.807) is 7.11 Å². The number of hydrogen-bond acceptors (Lipinski definition) is 5. The molecule has 3 saturated heterocycles. The van der Waals surface area contributed by atoms with Gasteiger partial charge in [-0.1, -0.05) is 23.7 Å². The Labute approximate surface area is 181 Å². The van der Waals surface area contributed by atoms with Crippen LogP contribution >= 0.6 is 0 Å². The van der Waals surface area contributed by atoms with Crippen LogP contribution in [0.15, 0.2) is 35.0 Å². The van der Waals surface area contributed by atoms with E-state index in [9.17, 15) is 0 Å². The summed E-state index contributed by atoms with van der Waals surface area (Å²) < 4.78 is 11.8. The average Bonchev–Trinajstić information content (AvgIpc) is 2.73. The molecule has 5 rings (SSSR count). The molecule has 164 valence electrons. The summed E-state index contributed by atoms with van der Waals surface area (Å²) in [6.45, 7) is 10.5. The maximum Gasteiger partial charge on any atom is 0.129 e. The van der Waals surface area contributed by atoms with Crippen LogP contribution in [0.1, 0.15) is 58.4 Å². The first-order chi connectivity index (χ1) is 14.4. The summed E-state index contributed by atoms with van der Waals surface area (Å²) in [6, 6.07) is 8.20. The van der Waals surface area contributed by atoms with Gasteiger partial charge in [0.1, 0.15) is 23.7 Å². The molecule has 2 atom stereocenters. The quantitative estimate of drug-likeness (QED) is 0.492. The van der Waals surface area contributed by atoms with Gasteiger partial charge < -0.3 is 14.3 Å². The van der Waals surface area contributed by atoms with Crippen molar-refractivity contribution in [3.63, 3.8) is 0 Å². The van der Waals surface area contributed by atoms with E-state index in [0.29, 0.717) is 12.5 Å². The summed E-state index contributed by atoms with van der Waals surface area (Å²) in [4.78, 5) is 8.35. The Bertz CT molecular complexity index is 793. The number of hydrogen-bond donors (Lipinski definition) is 0. The predicted octanol–water partition coefficient (Wildman–Crippen LogP) is 4.91. The van der Waals surface area contributed by atoms with Gasteiger partial charge in [0, 0.05) is 12.5 Å². The van der Waals surface area contributed by atoms with Gasteiger partial charge in [-0.15, -0.1) is 0 Å². The number of ether oxygens (including phenoxy) is 2. The lowest BCUT2D eigenvalue weighted by Gasteiger charge is -2.55. The second-order valence-electron chi connectivity index (χ2n) is 9.58. The highest BCUT2D eigenvalue weighted by atomic mass is 16.6.